The molecule has 0 saturated carbocycles. The molecule has 2 aliphatic rings. The van der Waals surface area contributed by atoms with Gasteiger partial charge in [-0.3, -0.25) is 0 Å². The molecule has 0 unspecified atom stereocenters. The molecule has 0 atom stereocenters. The summed E-state index contributed by atoms with van der Waals surface area (Å²) < 4.78 is 196. The Hall–Kier alpha value is -6.31. The van der Waals surface area contributed by atoms with Crippen LogP contribution >= 0.6 is 0 Å². The van der Waals surface area contributed by atoms with Crippen molar-refractivity contribution in [3.8, 4) is 22.5 Å². The number of benzene rings is 6. The van der Waals surface area contributed by atoms with Crippen LogP contribution in [0.2, 0.25) is 0 Å². The first kappa shape index (κ1) is 43.0. The van der Waals surface area contributed by atoms with Gasteiger partial charge in [-0.05, 0) is 22.0 Å². The second-order valence-electron chi connectivity index (χ2n) is 18.7. The molecule has 0 aliphatic carbocycles. The minimum Gasteiger partial charge on any atom is -0.397 e. The Morgan fingerprint density at radius 2 is 0.578 bits per heavy atom. The molecule has 0 radical (unpaired) electrons. The van der Waals surface area contributed by atoms with Crippen molar-refractivity contribution in [3.63, 3.8) is 0 Å². The van der Waals surface area contributed by atoms with Crippen LogP contribution in [0, 0.1) is 69.8 Å². The normalized spacial score (nSPS) is 14.7. The summed E-state index contributed by atoms with van der Waals surface area (Å²) in [6.07, 6.45) is -5.72. The maximum atomic E-state index is 16.8. The van der Waals surface area contributed by atoms with E-state index >= 15 is 35.1 Å². The molecule has 0 amide bonds. The molecule has 2 nitrogen and oxygen atoms in total. The highest BCUT2D eigenvalue weighted by molar-refractivity contribution is 7.08. The summed E-state index contributed by atoms with van der Waals surface area (Å²) in [6.45, 7) is 10.7. The molecule has 7 aromatic rings. The summed E-state index contributed by atoms with van der Waals surface area (Å²) in [5, 5.41) is 0. The van der Waals surface area contributed by atoms with Crippen LogP contribution in [0.5, 0.6) is 0 Å². The fourth-order valence-corrected chi connectivity index (χ4v) is 10.4. The summed E-state index contributed by atoms with van der Waals surface area (Å²) in [5.74, 6) is -18.3. The maximum Gasteiger partial charge on any atom is 0.372 e. The topological polar surface area (TPSA) is 7.76 Å². The molecule has 64 heavy (non-hydrogen) atoms. The largest absolute Gasteiger partial charge is 0.397 e. The Morgan fingerprint density at radius 3 is 0.797 bits per heavy atom. The highest BCUT2D eigenvalue weighted by Crippen LogP contribution is 2.36. The molecule has 1 aromatic heterocycles. The van der Waals surface area contributed by atoms with Crippen LogP contribution < -0.4 is 41.7 Å². The smallest absolute Gasteiger partial charge is 0.372 e. The Morgan fingerprint density at radius 1 is 0.344 bits per heavy atom. The van der Waals surface area contributed by atoms with E-state index in [4.69, 9.17) is 0 Å². The SMILES string of the molecule is CC(C)(C)c1ccc2c(c1)[B-](c1c(F)cc(F)cc1F)(c1c(F)cc(F)cc1F)[n+]1cc3[n+](cc1-2)[B-](c1c(F)cc(F)cc1F)(c1c(F)cc(F)cc1F)c1cc(C(C)(C)C)ccc1-3. The van der Waals surface area contributed by atoms with Crippen molar-refractivity contribution < 1.29 is 61.6 Å². The van der Waals surface area contributed by atoms with Gasteiger partial charge in [0, 0.05) is 59.7 Å². The van der Waals surface area contributed by atoms with Gasteiger partial charge >= 0.3 is 12.6 Å². The van der Waals surface area contributed by atoms with Gasteiger partial charge in [-0.25, -0.2) is 52.7 Å². The second-order valence-corrected chi connectivity index (χ2v) is 18.7. The van der Waals surface area contributed by atoms with Crippen LogP contribution in [0.15, 0.2) is 97.3 Å². The van der Waals surface area contributed by atoms with Gasteiger partial charge in [-0.1, -0.05) is 99.8 Å². The summed E-state index contributed by atoms with van der Waals surface area (Å²) in [6, 6.07) is 11.5. The maximum absolute atomic E-state index is 16.8. The van der Waals surface area contributed by atoms with E-state index in [0.29, 0.717) is 59.7 Å². The van der Waals surface area contributed by atoms with E-state index < -0.39 is 115 Å². The third-order valence-corrected chi connectivity index (χ3v) is 13.0. The number of hydrogen-bond donors (Lipinski definition) is 0. The van der Waals surface area contributed by atoms with E-state index in [0.717, 1.165) is 21.3 Å². The fourth-order valence-electron chi connectivity index (χ4n) is 10.4. The van der Waals surface area contributed by atoms with Crippen molar-refractivity contribution in [3.05, 3.63) is 178 Å². The van der Waals surface area contributed by atoms with Crippen LogP contribution in [0.3, 0.4) is 0 Å². The molecule has 0 N–H and O–H groups in total. The average molecular weight is 888 g/mol. The summed E-state index contributed by atoms with van der Waals surface area (Å²) in [4.78, 5) is 0. The standard InChI is InChI=1S/C48H34B2F12N2/c1-47(2,3)23-7-9-29-31(11-23)49(43-33(55)13-25(51)14-34(43)56,44-35(57)15-26(52)16-36(44)58)63-22-42-30-10-8-24(48(4,5)6)12-32(30)50(64(42)21-41(29)63,45-37(59)17-27(53)18-38(45)60)46-39(61)19-28(54)20-40(46)62/h7-22H,1-6H3. The highest BCUT2D eigenvalue weighted by atomic mass is 19.2. The molecule has 326 valence electrons. The lowest BCUT2D eigenvalue weighted by Crippen LogP contribution is -2.87. The van der Waals surface area contributed by atoms with Crippen LogP contribution in [0.25, 0.3) is 22.5 Å². The number of fused-ring (bicyclic) bond motifs is 6. The van der Waals surface area contributed by atoms with Gasteiger partial charge in [-0.15, -0.1) is 10.9 Å². The van der Waals surface area contributed by atoms with Crippen molar-refractivity contribution >= 4 is 45.3 Å². The Balaban J connectivity index is 1.58. The minimum absolute atomic E-state index is 0.0225. The van der Waals surface area contributed by atoms with Crippen LogP contribution in [-0.2, 0) is 10.8 Å². The molecule has 0 bridgehead atoms. The quantitative estimate of drug-likeness (QED) is 0.128. The van der Waals surface area contributed by atoms with Crippen molar-refractivity contribution in [2.24, 2.45) is 0 Å². The van der Waals surface area contributed by atoms with E-state index in [-0.39, 0.29) is 33.4 Å². The molecule has 0 spiro atoms. The van der Waals surface area contributed by atoms with Crippen LogP contribution in [-0.4, -0.2) is 12.6 Å². The number of aromatic nitrogens is 2. The zero-order valence-electron chi connectivity index (χ0n) is 34.8. The number of rotatable bonds is 4. The predicted molar refractivity (Wildman–Crippen MR) is 220 cm³/mol. The molecule has 0 fully saturated rings. The molecule has 6 aromatic carbocycles. The lowest BCUT2D eigenvalue weighted by atomic mass is 9.24. The fraction of sp³-hybridized carbons (Fsp3) is 0.167. The molecule has 2 aliphatic heterocycles. The Kier molecular flexibility index (Phi) is 9.46. The van der Waals surface area contributed by atoms with Crippen molar-refractivity contribution in [2.45, 2.75) is 52.4 Å². The van der Waals surface area contributed by atoms with Crippen molar-refractivity contribution in [1.29, 1.82) is 0 Å². The third kappa shape index (κ3) is 5.92. The zero-order valence-corrected chi connectivity index (χ0v) is 34.8. The van der Waals surface area contributed by atoms with Crippen LogP contribution in [0.4, 0.5) is 52.7 Å². The molecule has 16 heteroatoms. The van der Waals surface area contributed by atoms with Crippen molar-refractivity contribution in [1.82, 2.24) is 0 Å². The van der Waals surface area contributed by atoms with Gasteiger partial charge in [0.2, 0.25) is 11.4 Å². The third-order valence-electron chi connectivity index (χ3n) is 13.0. The molecule has 3 heterocycles. The van der Waals surface area contributed by atoms with Gasteiger partial charge in [-0.2, -0.15) is 0 Å². The van der Waals surface area contributed by atoms with E-state index in [1.54, 1.807) is 53.7 Å². The summed E-state index contributed by atoms with van der Waals surface area (Å²) in [5.41, 5.74) is -5.67. The number of nitrogens with zero attached hydrogens (tertiary/aromatic N) is 2. The van der Waals surface area contributed by atoms with Crippen molar-refractivity contribution in [2.75, 3.05) is 0 Å². The minimum atomic E-state index is -3.99. The monoisotopic (exact) mass is 888 g/mol. The Bertz CT molecular complexity index is 2770. The Labute approximate surface area is 359 Å². The van der Waals surface area contributed by atoms with E-state index in [2.05, 4.69) is 0 Å². The lowest BCUT2D eigenvalue weighted by molar-refractivity contribution is -0.582. The molecular formula is C48H34B2F12N2. The van der Waals surface area contributed by atoms with Gasteiger partial charge < -0.3 is 8.96 Å². The first-order valence-corrected chi connectivity index (χ1v) is 20.2. The highest BCUT2D eigenvalue weighted by Gasteiger charge is 2.61. The van der Waals surface area contributed by atoms with Gasteiger partial charge in [0.15, 0.2) is 12.4 Å². The summed E-state index contributed by atoms with van der Waals surface area (Å²) >= 11 is 0. The van der Waals surface area contributed by atoms with Crippen LogP contribution in [0.1, 0.15) is 52.7 Å². The average Bonchev–Trinajstić information content (AvgIpc) is 3.58. The van der Waals surface area contributed by atoms with E-state index in [1.165, 1.54) is 24.3 Å². The van der Waals surface area contributed by atoms with Gasteiger partial charge in [0.1, 0.15) is 69.8 Å². The molecule has 9 rings (SSSR count). The predicted octanol–water partition coefficient (Wildman–Crippen LogP) is 7.52. The van der Waals surface area contributed by atoms with Gasteiger partial charge in [0.05, 0.1) is 0 Å². The molecular weight excluding hydrogens is 854 g/mol. The second kappa shape index (κ2) is 14.1. The number of hydrogen-bond acceptors (Lipinski definition) is 0. The zero-order chi connectivity index (χ0) is 46.3. The molecule has 0 saturated heterocycles. The first-order valence-electron chi connectivity index (χ1n) is 20.2. The summed E-state index contributed by atoms with van der Waals surface area (Å²) in [7, 11) is 0. The van der Waals surface area contributed by atoms with Gasteiger partial charge in [0.25, 0.3) is 0 Å². The lowest BCUT2D eigenvalue weighted by Gasteiger charge is -2.36. The van der Waals surface area contributed by atoms with E-state index in [9.17, 15) is 17.6 Å². The van der Waals surface area contributed by atoms with E-state index in [1.807, 2.05) is 0 Å². The first-order chi connectivity index (χ1) is 29.9. The number of halogens is 12.